The van der Waals surface area contributed by atoms with Crippen molar-refractivity contribution >= 4 is 17.8 Å². The minimum absolute atomic E-state index is 0.223. The fraction of sp³-hybridized carbons (Fsp3) is 0.786. The predicted octanol–water partition coefficient (Wildman–Crippen LogP) is 1.56. The monoisotopic (exact) mass is 265 g/mol. The highest BCUT2D eigenvalue weighted by Crippen LogP contribution is 2.45. The van der Waals surface area contributed by atoms with Gasteiger partial charge in [0.2, 0.25) is 11.8 Å². The summed E-state index contributed by atoms with van der Waals surface area (Å²) in [6, 6.07) is 0. The average molecular weight is 265 g/mol. The Hall–Kier alpha value is -1.39. The quantitative estimate of drug-likeness (QED) is 0.769. The van der Waals surface area contributed by atoms with Gasteiger partial charge >= 0.3 is 5.97 Å². The molecule has 2 amide bonds. The van der Waals surface area contributed by atoms with Gasteiger partial charge in [0.25, 0.3) is 0 Å². The van der Waals surface area contributed by atoms with E-state index in [1.54, 1.807) is 0 Å². The Balaban J connectivity index is 1.97. The Labute approximate surface area is 112 Å². The van der Waals surface area contributed by atoms with E-state index in [-0.39, 0.29) is 23.7 Å². The number of carbonyl (C=O) groups excluding carboxylic acids is 2. The molecule has 1 heterocycles. The molecule has 0 aromatic rings. The van der Waals surface area contributed by atoms with E-state index in [4.69, 9.17) is 0 Å². The van der Waals surface area contributed by atoms with Crippen molar-refractivity contribution in [3.63, 3.8) is 0 Å². The number of carboxylic acids is 1. The van der Waals surface area contributed by atoms with Crippen LogP contribution in [0.25, 0.3) is 0 Å². The smallest absolute Gasteiger partial charge is 0.330 e. The van der Waals surface area contributed by atoms with Gasteiger partial charge in [-0.2, -0.15) is 0 Å². The number of likely N-dealkylation sites (tertiary alicyclic amines) is 1. The lowest BCUT2D eigenvalue weighted by molar-refractivity contribution is -0.163. The van der Waals surface area contributed by atoms with Crippen LogP contribution in [-0.2, 0) is 14.4 Å². The zero-order valence-electron chi connectivity index (χ0n) is 10.9. The first-order chi connectivity index (χ1) is 9.08. The third kappa shape index (κ3) is 1.63. The fourth-order valence-corrected chi connectivity index (χ4v) is 4.08. The van der Waals surface area contributed by atoms with Crippen molar-refractivity contribution in [2.75, 3.05) is 0 Å². The molecule has 2 atom stereocenters. The summed E-state index contributed by atoms with van der Waals surface area (Å²) < 4.78 is 0. The number of hydrogen-bond donors (Lipinski definition) is 1. The molecule has 0 bridgehead atoms. The maximum Gasteiger partial charge on any atom is 0.330 e. The summed E-state index contributed by atoms with van der Waals surface area (Å²) in [5, 5.41) is 9.55. The molecular formula is C14H19NO4. The van der Waals surface area contributed by atoms with Crippen LogP contribution in [0.1, 0.15) is 51.4 Å². The van der Waals surface area contributed by atoms with Gasteiger partial charge in [-0.15, -0.1) is 0 Å². The zero-order chi connectivity index (χ0) is 13.6. The summed E-state index contributed by atoms with van der Waals surface area (Å²) in [5.74, 6) is -1.96. The van der Waals surface area contributed by atoms with Crippen molar-refractivity contribution in [3.8, 4) is 0 Å². The Kier molecular flexibility index (Phi) is 2.87. The summed E-state index contributed by atoms with van der Waals surface area (Å²) in [7, 11) is 0. The van der Waals surface area contributed by atoms with Crippen LogP contribution in [0.2, 0.25) is 0 Å². The second kappa shape index (κ2) is 4.32. The van der Waals surface area contributed by atoms with Gasteiger partial charge in [-0.05, 0) is 25.7 Å². The Morgan fingerprint density at radius 1 is 1.00 bits per heavy atom. The minimum Gasteiger partial charge on any atom is -0.479 e. The lowest BCUT2D eigenvalue weighted by Crippen LogP contribution is -2.55. The van der Waals surface area contributed by atoms with Crippen molar-refractivity contribution in [1.82, 2.24) is 4.90 Å². The highest BCUT2D eigenvalue weighted by Gasteiger charge is 2.59. The first kappa shape index (κ1) is 12.6. The largest absolute Gasteiger partial charge is 0.479 e. The standard InChI is InChI=1S/C14H19NO4/c16-11-9-5-1-2-6-10(9)12(17)15(11)14(13(18)19)7-3-4-8-14/h9-10H,1-8H2,(H,18,19). The molecule has 104 valence electrons. The first-order valence-electron chi connectivity index (χ1n) is 7.19. The van der Waals surface area contributed by atoms with Crippen molar-refractivity contribution in [1.29, 1.82) is 0 Å². The number of carboxylic acid groups (broad SMARTS) is 1. The number of hydrogen-bond acceptors (Lipinski definition) is 3. The number of rotatable bonds is 2. The fourth-order valence-electron chi connectivity index (χ4n) is 4.08. The van der Waals surface area contributed by atoms with Gasteiger partial charge in [0.05, 0.1) is 11.8 Å². The number of carbonyl (C=O) groups is 3. The van der Waals surface area contributed by atoms with E-state index in [1.165, 1.54) is 0 Å². The van der Waals surface area contributed by atoms with E-state index < -0.39 is 11.5 Å². The van der Waals surface area contributed by atoms with Crippen LogP contribution in [0.15, 0.2) is 0 Å². The van der Waals surface area contributed by atoms with Crippen molar-refractivity contribution in [2.45, 2.75) is 56.9 Å². The highest BCUT2D eigenvalue weighted by molar-refractivity contribution is 6.09. The van der Waals surface area contributed by atoms with E-state index in [0.717, 1.165) is 43.4 Å². The molecule has 0 aromatic carbocycles. The Morgan fingerprint density at radius 3 is 1.89 bits per heavy atom. The normalized spacial score (nSPS) is 33.6. The molecule has 5 nitrogen and oxygen atoms in total. The number of nitrogens with zero attached hydrogens (tertiary/aromatic N) is 1. The third-order valence-corrected chi connectivity index (χ3v) is 5.10. The second-order valence-corrected chi connectivity index (χ2v) is 6.05. The second-order valence-electron chi connectivity index (χ2n) is 6.05. The van der Waals surface area contributed by atoms with Crippen LogP contribution in [0.5, 0.6) is 0 Å². The molecule has 1 aliphatic heterocycles. The van der Waals surface area contributed by atoms with Crippen LogP contribution in [0.3, 0.4) is 0 Å². The lowest BCUT2D eigenvalue weighted by atomic mass is 9.81. The van der Waals surface area contributed by atoms with Gasteiger partial charge in [0.15, 0.2) is 0 Å². The van der Waals surface area contributed by atoms with Crippen molar-refractivity contribution < 1.29 is 19.5 Å². The Bertz CT molecular complexity index is 415. The van der Waals surface area contributed by atoms with Crippen LogP contribution < -0.4 is 0 Å². The van der Waals surface area contributed by atoms with Gasteiger partial charge in [-0.3, -0.25) is 14.5 Å². The molecule has 5 heteroatoms. The number of aliphatic carboxylic acids is 1. The average Bonchev–Trinajstić information content (AvgIpc) is 2.97. The van der Waals surface area contributed by atoms with E-state index in [0.29, 0.717) is 12.8 Å². The molecule has 0 radical (unpaired) electrons. The summed E-state index contributed by atoms with van der Waals surface area (Å²) in [6.45, 7) is 0. The van der Waals surface area contributed by atoms with Crippen molar-refractivity contribution in [2.24, 2.45) is 11.8 Å². The van der Waals surface area contributed by atoms with Gasteiger partial charge in [-0.25, -0.2) is 4.79 Å². The molecule has 19 heavy (non-hydrogen) atoms. The summed E-state index contributed by atoms with van der Waals surface area (Å²) >= 11 is 0. The van der Waals surface area contributed by atoms with Gasteiger partial charge in [-0.1, -0.05) is 25.7 Å². The van der Waals surface area contributed by atoms with Crippen LogP contribution >= 0.6 is 0 Å². The van der Waals surface area contributed by atoms with Crippen LogP contribution in [0.4, 0.5) is 0 Å². The van der Waals surface area contributed by atoms with Crippen LogP contribution in [0, 0.1) is 11.8 Å². The predicted molar refractivity (Wildman–Crippen MR) is 66.1 cm³/mol. The van der Waals surface area contributed by atoms with Gasteiger partial charge in [0, 0.05) is 0 Å². The highest BCUT2D eigenvalue weighted by atomic mass is 16.4. The summed E-state index contributed by atoms with van der Waals surface area (Å²) in [5.41, 5.74) is -1.24. The van der Waals surface area contributed by atoms with E-state index >= 15 is 0 Å². The minimum atomic E-state index is -1.24. The van der Waals surface area contributed by atoms with E-state index in [1.807, 2.05) is 0 Å². The molecule has 2 aliphatic carbocycles. The molecule has 0 spiro atoms. The summed E-state index contributed by atoms with van der Waals surface area (Å²) in [6.07, 6.45) is 5.79. The molecule has 2 unspecified atom stereocenters. The molecule has 1 N–H and O–H groups in total. The number of imide groups is 1. The molecule has 0 aromatic heterocycles. The van der Waals surface area contributed by atoms with E-state index in [2.05, 4.69) is 0 Å². The lowest BCUT2D eigenvalue weighted by Gasteiger charge is -2.33. The van der Waals surface area contributed by atoms with E-state index in [9.17, 15) is 19.5 Å². The Morgan fingerprint density at radius 2 is 1.47 bits per heavy atom. The maximum absolute atomic E-state index is 12.5. The molecule has 3 aliphatic rings. The van der Waals surface area contributed by atoms with Gasteiger partial charge < -0.3 is 5.11 Å². The van der Waals surface area contributed by atoms with Gasteiger partial charge in [0.1, 0.15) is 5.54 Å². The first-order valence-corrected chi connectivity index (χ1v) is 7.19. The molecule has 1 saturated heterocycles. The maximum atomic E-state index is 12.5. The summed E-state index contributed by atoms with van der Waals surface area (Å²) in [4.78, 5) is 37.8. The zero-order valence-corrected chi connectivity index (χ0v) is 10.9. The SMILES string of the molecule is O=C1C2CCCCC2C(=O)N1C1(C(=O)O)CCCC1. The third-order valence-electron chi connectivity index (χ3n) is 5.10. The molecule has 3 fully saturated rings. The molecule has 3 rings (SSSR count). The number of fused-ring (bicyclic) bond motifs is 1. The number of amides is 2. The molecular weight excluding hydrogens is 246 g/mol. The van der Waals surface area contributed by atoms with Crippen LogP contribution in [-0.4, -0.2) is 33.3 Å². The topological polar surface area (TPSA) is 74.7 Å². The van der Waals surface area contributed by atoms with Crippen molar-refractivity contribution in [3.05, 3.63) is 0 Å². The molecule has 2 saturated carbocycles.